The smallest absolute Gasteiger partial charge is 0.338 e. The largest absolute Gasteiger partial charge is 0.423 e. The molecule has 0 saturated heterocycles. The summed E-state index contributed by atoms with van der Waals surface area (Å²) >= 11 is 0. The molecule has 0 atom stereocenters. The zero-order valence-electron chi connectivity index (χ0n) is 29.4. The molecule has 53 heavy (non-hydrogen) atoms. The SMILES string of the molecule is C=C(C)C(=O)Oc1ccc2cc(C3(c4ccc5cc(OC(=O)C(=C)C)ccc5c4)c4cc5ccccc5cc4-c4c3ccc3ccccc43)ccc2c1. The summed E-state index contributed by atoms with van der Waals surface area (Å²) in [4.78, 5) is 24.7. The van der Waals surface area contributed by atoms with Crippen LogP contribution >= 0.6 is 0 Å². The van der Waals surface area contributed by atoms with Crippen molar-refractivity contribution in [2.24, 2.45) is 0 Å². The Labute approximate surface area is 307 Å². The number of benzene rings is 8. The zero-order chi connectivity index (χ0) is 36.4. The number of hydrogen-bond donors (Lipinski definition) is 0. The molecule has 0 spiro atoms. The maximum Gasteiger partial charge on any atom is 0.338 e. The third kappa shape index (κ3) is 5.14. The van der Waals surface area contributed by atoms with Gasteiger partial charge in [-0.05, 0) is 139 Å². The van der Waals surface area contributed by atoms with Crippen molar-refractivity contribution in [1.29, 1.82) is 0 Å². The van der Waals surface area contributed by atoms with Gasteiger partial charge in [0.1, 0.15) is 11.5 Å². The van der Waals surface area contributed by atoms with Gasteiger partial charge >= 0.3 is 11.9 Å². The van der Waals surface area contributed by atoms with Gasteiger partial charge in [-0.3, -0.25) is 0 Å². The van der Waals surface area contributed by atoms with Crippen molar-refractivity contribution in [2.45, 2.75) is 19.3 Å². The summed E-state index contributed by atoms with van der Waals surface area (Å²) in [5, 5.41) is 8.72. The summed E-state index contributed by atoms with van der Waals surface area (Å²) in [6.07, 6.45) is 0. The molecule has 0 bridgehead atoms. The van der Waals surface area contributed by atoms with Crippen molar-refractivity contribution in [3.05, 3.63) is 192 Å². The Balaban J connectivity index is 1.34. The van der Waals surface area contributed by atoms with Crippen LogP contribution in [0.25, 0.3) is 54.2 Å². The lowest BCUT2D eigenvalue weighted by Crippen LogP contribution is -2.28. The van der Waals surface area contributed by atoms with Crippen molar-refractivity contribution in [1.82, 2.24) is 0 Å². The average molecular weight is 687 g/mol. The van der Waals surface area contributed by atoms with Crippen molar-refractivity contribution in [3.63, 3.8) is 0 Å². The Morgan fingerprint density at radius 2 is 0.925 bits per heavy atom. The highest BCUT2D eigenvalue weighted by Gasteiger charge is 2.47. The summed E-state index contributed by atoms with van der Waals surface area (Å²) in [6.45, 7) is 10.7. The number of carbonyl (C=O) groups is 2. The highest BCUT2D eigenvalue weighted by atomic mass is 16.5. The highest BCUT2D eigenvalue weighted by Crippen LogP contribution is 2.59. The summed E-state index contributed by atoms with van der Waals surface area (Å²) in [7, 11) is 0. The van der Waals surface area contributed by atoms with Crippen LogP contribution in [-0.4, -0.2) is 11.9 Å². The molecule has 0 aliphatic heterocycles. The fraction of sp³-hybridized carbons (Fsp3) is 0.0612. The van der Waals surface area contributed by atoms with Crippen molar-refractivity contribution in [2.75, 3.05) is 0 Å². The normalized spacial score (nSPS) is 12.8. The molecule has 254 valence electrons. The predicted molar refractivity (Wildman–Crippen MR) is 215 cm³/mol. The van der Waals surface area contributed by atoms with Crippen molar-refractivity contribution >= 4 is 55.0 Å². The number of rotatable bonds is 6. The number of esters is 2. The van der Waals surface area contributed by atoms with Gasteiger partial charge in [-0.1, -0.05) is 110 Å². The first-order chi connectivity index (χ1) is 25.7. The standard InChI is InChI=1S/C49H34O4/c1-29(2)47(50)52-40-20-15-34-23-38(18-13-36(34)25-40)49(39-19-14-37-26-41(21-16-35(37)24-39)53-48(51)30(3)4)44-22-17-31-9-7-8-12-42(31)46(44)43-27-32-10-5-6-11-33(32)28-45(43)49/h5-28H,1,3H2,2,4H3. The number of ether oxygens (including phenoxy) is 2. The van der Waals surface area contributed by atoms with E-state index in [1.54, 1.807) is 13.8 Å². The Morgan fingerprint density at radius 1 is 0.472 bits per heavy atom. The Kier molecular flexibility index (Phi) is 7.39. The van der Waals surface area contributed by atoms with Gasteiger partial charge in [0.15, 0.2) is 0 Å². The zero-order valence-corrected chi connectivity index (χ0v) is 29.4. The Hall–Kier alpha value is -6.78. The lowest BCUT2D eigenvalue weighted by molar-refractivity contribution is -0.130. The second-order valence-corrected chi connectivity index (χ2v) is 14.0. The van der Waals surface area contributed by atoms with E-state index in [0.29, 0.717) is 22.6 Å². The maximum absolute atomic E-state index is 12.3. The first kappa shape index (κ1) is 32.1. The fourth-order valence-corrected chi connectivity index (χ4v) is 7.99. The summed E-state index contributed by atoms with van der Waals surface area (Å²) < 4.78 is 11.2. The van der Waals surface area contributed by atoms with E-state index >= 15 is 0 Å². The molecule has 0 aromatic heterocycles. The van der Waals surface area contributed by atoms with Crippen LogP contribution in [0.3, 0.4) is 0 Å². The molecule has 8 aromatic carbocycles. The fourth-order valence-electron chi connectivity index (χ4n) is 7.99. The minimum atomic E-state index is -0.697. The summed E-state index contributed by atoms with van der Waals surface area (Å²) in [6, 6.07) is 51.1. The topological polar surface area (TPSA) is 52.6 Å². The van der Waals surface area contributed by atoms with E-state index in [4.69, 9.17) is 9.47 Å². The Morgan fingerprint density at radius 3 is 1.49 bits per heavy atom. The number of carbonyl (C=O) groups excluding carboxylic acids is 2. The van der Waals surface area contributed by atoms with Gasteiger partial charge in [-0.15, -0.1) is 0 Å². The van der Waals surface area contributed by atoms with Crippen LogP contribution in [-0.2, 0) is 15.0 Å². The molecular formula is C49H34O4. The Bertz CT molecular complexity index is 2780. The van der Waals surface area contributed by atoms with Gasteiger partial charge in [-0.2, -0.15) is 0 Å². The van der Waals surface area contributed by atoms with Gasteiger partial charge in [0.2, 0.25) is 0 Å². The molecule has 0 saturated carbocycles. The minimum Gasteiger partial charge on any atom is -0.423 e. The molecule has 0 radical (unpaired) electrons. The monoisotopic (exact) mass is 686 g/mol. The van der Waals surface area contributed by atoms with E-state index < -0.39 is 17.4 Å². The van der Waals surface area contributed by atoms with Gasteiger partial charge in [-0.25, -0.2) is 9.59 Å². The second kappa shape index (κ2) is 12.2. The third-order valence-corrected chi connectivity index (χ3v) is 10.5. The van der Waals surface area contributed by atoms with Crippen LogP contribution in [0.2, 0.25) is 0 Å². The number of hydrogen-bond acceptors (Lipinski definition) is 4. The summed E-state index contributed by atoms with van der Waals surface area (Å²) in [5.74, 6) is 0.0579. The highest BCUT2D eigenvalue weighted by molar-refractivity contribution is 6.07. The molecule has 4 nitrogen and oxygen atoms in total. The van der Waals surface area contributed by atoms with Gasteiger partial charge in [0.25, 0.3) is 0 Å². The molecular weight excluding hydrogens is 653 g/mol. The quantitative estimate of drug-likeness (QED) is 0.0992. The molecule has 4 heteroatoms. The van der Waals surface area contributed by atoms with E-state index in [2.05, 4.69) is 122 Å². The van der Waals surface area contributed by atoms with E-state index in [0.717, 1.165) is 32.7 Å². The predicted octanol–water partition coefficient (Wildman–Crippen LogP) is 11.6. The lowest BCUT2D eigenvalue weighted by Gasteiger charge is -2.34. The van der Waals surface area contributed by atoms with Crippen LogP contribution in [0.1, 0.15) is 36.1 Å². The lowest BCUT2D eigenvalue weighted by atomic mass is 9.67. The van der Waals surface area contributed by atoms with Crippen molar-refractivity contribution in [3.8, 4) is 22.6 Å². The molecule has 0 heterocycles. The first-order valence-electron chi connectivity index (χ1n) is 17.6. The van der Waals surface area contributed by atoms with E-state index in [1.807, 2.05) is 36.4 Å². The van der Waals surface area contributed by atoms with Gasteiger partial charge in [0.05, 0.1) is 5.41 Å². The van der Waals surface area contributed by atoms with Gasteiger partial charge < -0.3 is 9.47 Å². The minimum absolute atomic E-state index is 0.348. The van der Waals surface area contributed by atoms with E-state index in [-0.39, 0.29) is 0 Å². The molecule has 9 rings (SSSR count). The van der Waals surface area contributed by atoms with Crippen molar-refractivity contribution < 1.29 is 19.1 Å². The average Bonchev–Trinajstić information content (AvgIpc) is 3.46. The van der Waals surface area contributed by atoms with Crippen LogP contribution < -0.4 is 9.47 Å². The first-order valence-corrected chi connectivity index (χ1v) is 17.6. The molecule has 0 fully saturated rings. The van der Waals surface area contributed by atoms with Gasteiger partial charge in [0, 0.05) is 11.1 Å². The molecule has 0 unspecified atom stereocenters. The molecule has 8 aromatic rings. The van der Waals surface area contributed by atoms with Crippen LogP contribution in [0.4, 0.5) is 0 Å². The molecule has 0 N–H and O–H groups in total. The van der Waals surface area contributed by atoms with Crippen LogP contribution in [0, 0.1) is 0 Å². The van der Waals surface area contributed by atoms with Crippen LogP contribution in [0.5, 0.6) is 11.5 Å². The van der Waals surface area contributed by atoms with Crippen LogP contribution in [0.15, 0.2) is 170 Å². The van der Waals surface area contributed by atoms with E-state index in [1.165, 1.54) is 43.8 Å². The molecule has 1 aliphatic rings. The number of fused-ring (bicyclic) bond motifs is 8. The van der Waals surface area contributed by atoms with E-state index in [9.17, 15) is 9.59 Å². The molecule has 0 amide bonds. The third-order valence-electron chi connectivity index (χ3n) is 10.5. The second-order valence-electron chi connectivity index (χ2n) is 14.0. The molecule has 1 aliphatic carbocycles. The summed E-state index contributed by atoms with van der Waals surface area (Å²) in [5.41, 5.74) is 7.09. The maximum atomic E-state index is 12.3.